The van der Waals surface area contributed by atoms with Gasteiger partial charge in [0.25, 0.3) is 0 Å². The summed E-state index contributed by atoms with van der Waals surface area (Å²) < 4.78 is 51.5. The van der Waals surface area contributed by atoms with E-state index in [-0.39, 0.29) is 11.5 Å². The van der Waals surface area contributed by atoms with Gasteiger partial charge in [0, 0.05) is 5.56 Å². The van der Waals surface area contributed by atoms with E-state index in [1.54, 1.807) is 0 Å². The number of aromatic hydroxyl groups is 1. The second kappa shape index (κ2) is 3.37. The van der Waals surface area contributed by atoms with Gasteiger partial charge in [0.15, 0.2) is 11.6 Å². The summed E-state index contributed by atoms with van der Waals surface area (Å²) >= 11 is 0. The van der Waals surface area contributed by atoms with Crippen molar-refractivity contribution in [3.63, 3.8) is 0 Å². The summed E-state index contributed by atoms with van der Waals surface area (Å²) in [5, 5.41) is 9.21. The number of phenolic OH excluding ortho intramolecular Hbond substituents is 1. The fourth-order valence-electron chi connectivity index (χ4n) is 1.89. The third-order valence-electron chi connectivity index (χ3n) is 2.81. The van der Waals surface area contributed by atoms with Crippen LogP contribution in [-0.2, 0) is 6.18 Å². The zero-order chi connectivity index (χ0) is 12.1. The molecular weight excluding hydrogens is 224 g/mol. The van der Waals surface area contributed by atoms with Crippen molar-refractivity contribution < 1.29 is 22.7 Å². The average Bonchev–Trinajstić information content (AvgIpc) is 2.94. The molecule has 0 spiro atoms. The Kier molecular flexibility index (Phi) is 2.36. The van der Waals surface area contributed by atoms with Crippen molar-refractivity contribution in [3.05, 3.63) is 28.6 Å². The van der Waals surface area contributed by atoms with Crippen LogP contribution < -0.4 is 0 Å². The molecule has 1 aliphatic carbocycles. The Labute approximate surface area is 89.7 Å². The second-order valence-corrected chi connectivity index (χ2v) is 4.07. The zero-order valence-electron chi connectivity index (χ0n) is 8.53. The molecule has 1 saturated carbocycles. The summed E-state index contributed by atoms with van der Waals surface area (Å²) in [6.07, 6.45) is -3.25. The van der Waals surface area contributed by atoms with Crippen molar-refractivity contribution in [2.45, 2.75) is 31.9 Å². The molecule has 0 aromatic heterocycles. The molecule has 1 aromatic rings. The van der Waals surface area contributed by atoms with Crippen LogP contribution in [0.15, 0.2) is 6.07 Å². The number of phenols is 1. The molecule has 0 aliphatic heterocycles. The maximum Gasteiger partial charge on any atom is 0.417 e. The highest BCUT2D eigenvalue weighted by atomic mass is 19.4. The molecule has 0 heterocycles. The van der Waals surface area contributed by atoms with Crippen molar-refractivity contribution in [3.8, 4) is 5.75 Å². The van der Waals surface area contributed by atoms with E-state index in [9.17, 15) is 22.7 Å². The van der Waals surface area contributed by atoms with Crippen molar-refractivity contribution >= 4 is 0 Å². The largest absolute Gasteiger partial charge is 0.505 e. The topological polar surface area (TPSA) is 20.2 Å². The summed E-state index contributed by atoms with van der Waals surface area (Å²) in [4.78, 5) is 0. The fraction of sp³-hybridized carbons (Fsp3) is 0.455. The second-order valence-electron chi connectivity index (χ2n) is 4.07. The van der Waals surface area contributed by atoms with Crippen LogP contribution in [0.25, 0.3) is 0 Å². The van der Waals surface area contributed by atoms with E-state index in [2.05, 4.69) is 0 Å². The van der Waals surface area contributed by atoms with Gasteiger partial charge >= 0.3 is 6.18 Å². The molecule has 1 nitrogen and oxygen atoms in total. The highest BCUT2D eigenvalue weighted by Gasteiger charge is 2.41. The molecule has 1 aromatic carbocycles. The molecule has 88 valence electrons. The van der Waals surface area contributed by atoms with Gasteiger partial charge in [-0.05, 0) is 37.3 Å². The van der Waals surface area contributed by atoms with Gasteiger partial charge in [-0.15, -0.1) is 0 Å². The lowest BCUT2D eigenvalue weighted by atomic mass is 9.97. The summed E-state index contributed by atoms with van der Waals surface area (Å²) in [6.45, 7) is 1.05. The molecule has 0 amide bonds. The Morgan fingerprint density at radius 2 is 1.88 bits per heavy atom. The summed E-state index contributed by atoms with van der Waals surface area (Å²) in [5.41, 5.74) is -1.43. The number of benzene rings is 1. The third-order valence-corrected chi connectivity index (χ3v) is 2.81. The van der Waals surface area contributed by atoms with Crippen LogP contribution in [0, 0.1) is 12.7 Å². The number of rotatable bonds is 1. The van der Waals surface area contributed by atoms with Gasteiger partial charge in [0.2, 0.25) is 0 Å². The standard InChI is InChI=1S/C11H10F4O/c1-5-9(11(13,14)15)7(6-2-3-6)4-8(16)10(5)12/h4,6,16H,2-3H2,1H3. The lowest BCUT2D eigenvalue weighted by molar-refractivity contribution is -0.138. The normalized spacial score (nSPS) is 16.6. The molecule has 1 fully saturated rings. The highest BCUT2D eigenvalue weighted by Crippen LogP contribution is 2.48. The minimum Gasteiger partial charge on any atom is -0.505 e. The lowest BCUT2D eigenvalue weighted by Gasteiger charge is -2.16. The maximum absolute atomic E-state index is 13.2. The van der Waals surface area contributed by atoms with Crippen LogP contribution in [0.3, 0.4) is 0 Å². The smallest absolute Gasteiger partial charge is 0.417 e. The van der Waals surface area contributed by atoms with Gasteiger partial charge < -0.3 is 5.11 Å². The predicted octanol–water partition coefficient (Wildman–Crippen LogP) is 3.74. The predicted molar refractivity (Wildman–Crippen MR) is 49.8 cm³/mol. The number of hydrogen-bond donors (Lipinski definition) is 1. The van der Waals surface area contributed by atoms with E-state index in [4.69, 9.17) is 0 Å². The molecule has 0 bridgehead atoms. The van der Waals surface area contributed by atoms with Gasteiger partial charge in [0.05, 0.1) is 5.56 Å². The maximum atomic E-state index is 13.2. The molecule has 16 heavy (non-hydrogen) atoms. The van der Waals surface area contributed by atoms with Crippen LogP contribution in [-0.4, -0.2) is 5.11 Å². The summed E-state index contributed by atoms with van der Waals surface area (Å²) in [7, 11) is 0. The number of halogens is 4. The lowest BCUT2D eigenvalue weighted by Crippen LogP contribution is -2.12. The van der Waals surface area contributed by atoms with Gasteiger partial charge in [-0.25, -0.2) is 4.39 Å². The summed E-state index contributed by atoms with van der Waals surface area (Å²) in [5.74, 6) is -2.08. The Balaban J connectivity index is 2.67. The van der Waals surface area contributed by atoms with Crippen molar-refractivity contribution in [1.82, 2.24) is 0 Å². The molecule has 1 aliphatic rings. The van der Waals surface area contributed by atoms with E-state index >= 15 is 0 Å². The van der Waals surface area contributed by atoms with E-state index in [0.29, 0.717) is 12.8 Å². The molecule has 0 unspecified atom stereocenters. The molecule has 2 rings (SSSR count). The van der Waals surface area contributed by atoms with Crippen molar-refractivity contribution in [2.75, 3.05) is 0 Å². The molecule has 0 saturated heterocycles. The van der Waals surface area contributed by atoms with Gasteiger partial charge in [0.1, 0.15) is 0 Å². The minimum atomic E-state index is -4.57. The van der Waals surface area contributed by atoms with E-state index in [1.165, 1.54) is 0 Å². The van der Waals surface area contributed by atoms with E-state index < -0.39 is 28.9 Å². The zero-order valence-corrected chi connectivity index (χ0v) is 8.53. The Morgan fingerprint density at radius 1 is 1.31 bits per heavy atom. The van der Waals surface area contributed by atoms with Crippen LogP contribution in [0.5, 0.6) is 5.75 Å². The number of hydrogen-bond acceptors (Lipinski definition) is 1. The highest BCUT2D eigenvalue weighted by molar-refractivity contribution is 5.47. The Hall–Kier alpha value is -1.26. The van der Waals surface area contributed by atoms with Crippen LogP contribution in [0.4, 0.5) is 17.6 Å². The molecular formula is C11H10F4O. The van der Waals surface area contributed by atoms with Gasteiger partial charge in [-0.3, -0.25) is 0 Å². The average molecular weight is 234 g/mol. The third kappa shape index (κ3) is 1.74. The molecule has 0 atom stereocenters. The number of alkyl halides is 3. The van der Waals surface area contributed by atoms with E-state index in [0.717, 1.165) is 13.0 Å². The van der Waals surface area contributed by atoms with Crippen molar-refractivity contribution in [1.29, 1.82) is 0 Å². The minimum absolute atomic E-state index is 0.0175. The molecule has 0 radical (unpaired) electrons. The van der Waals surface area contributed by atoms with Crippen LogP contribution in [0.2, 0.25) is 0 Å². The first-order valence-corrected chi connectivity index (χ1v) is 4.91. The first-order valence-electron chi connectivity index (χ1n) is 4.91. The van der Waals surface area contributed by atoms with Gasteiger partial charge in [-0.2, -0.15) is 13.2 Å². The molecule has 1 N–H and O–H groups in total. The van der Waals surface area contributed by atoms with Crippen molar-refractivity contribution in [2.24, 2.45) is 0 Å². The quantitative estimate of drug-likeness (QED) is 0.734. The molecule has 5 heteroatoms. The first kappa shape index (κ1) is 11.2. The monoisotopic (exact) mass is 234 g/mol. The van der Waals surface area contributed by atoms with E-state index in [1.807, 2.05) is 0 Å². The Bertz CT molecular complexity index is 433. The first-order chi connectivity index (χ1) is 7.32. The van der Waals surface area contributed by atoms with Gasteiger partial charge in [-0.1, -0.05) is 0 Å². The summed E-state index contributed by atoms with van der Waals surface area (Å²) in [6, 6.07) is 0.906. The SMILES string of the molecule is Cc1c(F)c(O)cc(C2CC2)c1C(F)(F)F. The van der Waals surface area contributed by atoms with Crippen LogP contribution >= 0.6 is 0 Å². The van der Waals surface area contributed by atoms with Crippen LogP contribution in [0.1, 0.15) is 35.4 Å². The Morgan fingerprint density at radius 3 is 2.31 bits per heavy atom. The fourth-order valence-corrected chi connectivity index (χ4v) is 1.89.